The van der Waals surface area contributed by atoms with Gasteiger partial charge in [0.15, 0.2) is 6.10 Å². The molecule has 0 aliphatic carbocycles. The van der Waals surface area contributed by atoms with Crippen LogP contribution in [-0.4, -0.2) is 71.1 Å². The molecule has 0 rings (SSSR count). The maximum atomic E-state index is 12.7. The molecule has 354 valence electrons. The summed E-state index contributed by atoms with van der Waals surface area (Å²) < 4.78 is 32.7. The predicted octanol–water partition coefficient (Wildman–Crippen LogP) is 11.9. The number of carbonyl (C=O) groups excluding carboxylic acids is 2. The molecular weight excluding hydrogens is 797 g/mol. The molecule has 13 heteroatoms. The fourth-order valence-electron chi connectivity index (χ4n) is 6.37. The summed E-state index contributed by atoms with van der Waals surface area (Å²) in [6.07, 6.45) is 44.9. The van der Waals surface area contributed by atoms with Crippen molar-refractivity contribution in [2.75, 3.05) is 19.8 Å². The Bertz CT molecular complexity index is 1240. The molecule has 0 aliphatic rings. The van der Waals surface area contributed by atoms with Crippen molar-refractivity contribution in [3.8, 4) is 0 Å². The number of carboxylic acids is 1. The zero-order chi connectivity index (χ0) is 45.1. The van der Waals surface area contributed by atoms with Gasteiger partial charge in [0.05, 0.1) is 19.3 Å². The highest BCUT2D eigenvalue weighted by Gasteiger charge is 2.28. The maximum absolute atomic E-state index is 12.7. The summed E-state index contributed by atoms with van der Waals surface area (Å²) >= 11 is 0. The topological polar surface area (TPSA) is 192 Å². The summed E-state index contributed by atoms with van der Waals surface area (Å²) in [4.78, 5) is 46.0. The van der Waals surface area contributed by atoms with Gasteiger partial charge in [0.1, 0.15) is 12.6 Å². The fourth-order valence-corrected chi connectivity index (χ4v) is 7.15. The van der Waals surface area contributed by atoms with E-state index in [0.717, 1.165) is 32.1 Å². The maximum Gasteiger partial charge on any atom is 0.472 e. The highest BCUT2D eigenvalue weighted by Crippen LogP contribution is 2.43. The lowest BCUT2D eigenvalue weighted by Crippen LogP contribution is -2.34. The summed E-state index contributed by atoms with van der Waals surface area (Å²) in [5.41, 5.74) is 5.33. The van der Waals surface area contributed by atoms with E-state index < -0.39 is 63.8 Å². The van der Waals surface area contributed by atoms with E-state index >= 15 is 0 Å². The van der Waals surface area contributed by atoms with Crippen LogP contribution in [0, 0.1) is 0 Å². The smallest absolute Gasteiger partial charge is 0.472 e. The Hall–Kier alpha value is -2.60. The Morgan fingerprint density at radius 1 is 0.590 bits per heavy atom. The van der Waals surface area contributed by atoms with Gasteiger partial charge in [-0.3, -0.25) is 23.4 Å². The van der Waals surface area contributed by atoms with E-state index in [1.807, 2.05) is 24.3 Å². The van der Waals surface area contributed by atoms with Gasteiger partial charge in [0.2, 0.25) is 0 Å². The number of ether oxygens (including phenoxy) is 2. The standard InChI is InChI=1S/C48H86NO11P/c1-3-5-7-9-11-13-14-15-16-17-18-19-20-21-22-24-26-30-35-39-47(52)60-44(41-58-61(55,56)59-42-45(49)48(53)54)40-57-46(51)38-34-31-27-29-33-37-43(50)36-32-28-25-23-12-10-8-6-4-2/h12,23,27-29,32-33,37,43-45,50H,3-11,13-22,24-26,30-31,34-36,38-42,49H2,1-2H3,(H,53,54)(H,55,56)/b23-12-,29-27+,32-28-,37-33-/t43?,44-,45+/m1/s1. The Kier molecular flexibility index (Phi) is 40.9. The van der Waals surface area contributed by atoms with Gasteiger partial charge in [-0.1, -0.05) is 191 Å². The van der Waals surface area contributed by atoms with Crippen molar-refractivity contribution >= 4 is 25.7 Å². The highest BCUT2D eigenvalue weighted by atomic mass is 31.2. The first kappa shape index (κ1) is 58.4. The second-order valence-electron chi connectivity index (χ2n) is 16.1. The first-order chi connectivity index (χ1) is 29.5. The van der Waals surface area contributed by atoms with Crippen molar-refractivity contribution in [2.24, 2.45) is 5.73 Å². The normalized spacial score (nSPS) is 14.6. The van der Waals surface area contributed by atoms with Crippen LogP contribution in [0.3, 0.4) is 0 Å². The van der Waals surface area contributed by atoms with Crippen LogP contribution in [-0.2, 0) is 37.5 Å². The van der Waals surface area contributed by atoms with Crippen molar-refractivity contribution in [2.45, 2.75) is 218 Å². The van der Waals surface area contributed by atoms with Crippen molar-refractivity contribution in [3.05, 3.63) is 48.6 Å². The summed E-state index contributed by atoms with van der Waals surface area (Å²) in [5.74, 6) is -2.52. The minimum absolute atomic E-state index is 0.0874. The molecule has 0 aromatic rings. The van der Waals surface area contributed by atoms with Gasteiger partial charge in [-0.2, -0.15) is 0 Å². The number of aliphatic carboxylic acids is 1. The van der Waals surface area contributed by atoms with Gasteiger partial charge >= 0.3 is 25.7 Å². The SMILES string of the molecule is CCCCC/C=C\C/C=C\CC(O)/C=C\C=C\CCCC(=O)OC[C@H](COP(=O)(O)OC[C@H](N)C(=O)O)OC(=O)CCCCCCCCCCCCCCCCCCCCC. The van der Waals surface area contributed by atoms with Gasteiger partial charge in [-0.15, -0.1) is 0 Å². The molecule has 0 amide bonds. The molecule has 4 atom stereocenters. The molecule has 0 aliphatic heterocycles. The van der Waals surface area contributed by atoms with E-state index in [4.69, 9.17) is 24.8 Å². The molecule has 0 fully saturated rings. The molecule has 0 aromatic heterocycles. The number of phosphoric acid groups is 1. The summed E-state index contributed by atoms with van der Waals surface area (Å²) in [6, 6.07) is -1.54. The Labute approximate surface area is 369 Å². The first-order valence-electron chi connectivity index (χ1n) is 23.8. The molecule has 61 heavy (non-hydrogen) atoms. The van der Waals surface area contributed by atoms with Crippen LogP contribution in [0.1, 0.15) is 200 Å². The molecule has 0 saturated carbocycles. The minimum atomic E-state index is -4.75. The summed E-state index contributed by atoms with van der Waals surface area (Å²) in [6.45, 7) is 2.65. The lowest BCUT2D eigenvalue weighted by molar-refractivity contribution is -0.161. The third kappa shape index (κ3) is 42.5. The molecule has 2 unspecified atom stereocenters. The number of hydrogen-bond acceptors (Lipinski definition) is 10. The van der Waals surface area contributed by atoms with Crippen molar-refractivity contribution in [3.63, 3.8) is 0 Å². The molecule has 0 radical (unpaired) electrons. The molecule has 0 spiro atoms. The molecule has 5 N–H and O–H groups in total. The number of esters is 2. The monoisotopic (exact) mass is 884 g/mol. The first-order valence-corrected chi connectivity index (χ1v) is 25.3. The summed E-state index contributed by atoms with van der Waals surface area (Å²) in [5, 5.41) is 19.0. The fraction of sp³-hybridized carbons (Fsp3) is 0.771. The van der Waals surface area contributed by atoms with Gasteiger partial charge in [-0.05, 0) is 44.9 Å². The number of rotatable bonds is 44. The number of unbranched alkanes of at least 4 members (excludes halogenated alkanes) is 22. The van der Waals surface area contributed by atoms with Gasteiger partial charge < -0.3 is 30.3 Å². The van der Waals surface area contributed by atoms with Gasteiger partial charge in [-0.25, -0.2) is 4.57 Å². The highest BCUT2D eigenvalue weighted by molar-refractivity contribution is 7.47. The Morgan fingerprint density at radius 3 is 1.66 bits per heavy atom. The van der Waals surface area contributed by atoms with E-state index in [1.54, 1.807) is 12.2 Å². The van der Waals surface area contributed by atoms with Crippen molar-refractivity contribution < 1.29 is 52.6 Å². The zero-order valence-corrected chi connectivity index (χ0v) is 39.0. The number of aliphatic hydroxyl groups excluding tert-OH is 1. The van der Waals surface area contributed by atoms with Crippen LogP contribution in [0.15, 0.2) is 48.6 Å². The molecular formula is C48H86NO11P. The molecule has 12 nitrogen and oxygen atoms in total. The van der Waals surface area contributed by atoms with E-state index in [0.29, 0.717) is 25.7 Å². The Morgan fingerprint density at radius 2 is 1.08 bits per heavy atom. The number of hydrogen-bond donors (Lipinski definition) is 4. The second kappa shape index (κ2) is 42.7. The van der Waals surface area contributed by atoms with E-state index in [-0.39, 0.29) is 12.8 Å². The van der Waals surface area contributed by atoms with E-state index in [9.17, 15) is 28.9 Å². The van der Waals surface area contributed by atoms with Gasteiger partial charge in [0, 0.05) is 12.8 Å². The van der Waals surface area contributed by atoms with E-state index in [1.165, 1.54) is 116 Å². The number of aliphatic hydroxyl groups is 1. The van der Waals surface area contributed by atoms with Crippen LogP contribution in [0.5, 0.6) is 0 Å². The number of phosphoric ester groups is 1. The second-order valence-corrected chi connectivity index (χ2v) is 17.5. The van der Waals surface area contributed by atoms with Crippen LogP contribution in [0.2, 0.25) is 0 Å². The number of carboxylic acid groups (broad SMARTS) is 1. The zero-order valence-electron chi connectivity index (χ0n) is 38.1. The van der Waals surface area contributed by atoms with Gasteiger partial charge in [0.25, 0.3) is 0 Å². The third-order valence-corrected chi connectivity index (χ3v) is 11.1. The average molecular weight is 884 g/mol. The van der Waals surface area contributed by atoms with E-state index in [2.05, 4.69) is 30.5 Å². The lowest BCUT2D eigenvalue weighted by Gasteiger charge is -2.20. The van der Waals surface area contributed by atoms with Crippen molar-refractivity contribution in [1.29, 1.82) is 0 Å². The summed E-state index contributed by atoms with van der Waals surface area (Å²) in [7, 11) is -4.75. The number of allylic oxidation sites excluding steroid dienone is 6. The Balaban J connectivity index is 4.44. The largest absolute Gasteiger partial charge is 0.480 e. The van der Waals surface area contributed by atoms with Crippen LogP contribution in [0.25, 0.3) is 0 Å². The molecule has 0 aromatic carbocycles. The number of nitrogens with two attached hydrogens (primary N) is 1. The van der Waals surface area contributed by atoms with Crippen molar-refractivity contribution in [1.82, 2.24) is 0 Å². The lowest BCUT2D eigenvalue weighted by atomic mass is 10.0. The number of carbonyl (C=O) groups is 3. The molecule has 0 bridgehead atoms. The third-order valence-electron chi connectivity index (χ3n) is 10.2. The predicted molar refractivity (Wildman–Crippen MR) is 246 cm³/mol. The van der Waals surface area contributed by atoms with Crippen LogP contribution < -0.4 is 5.73 Å². The molecule has 0 heterocycles. The molecule has 0 saturated heterocycles. The van der Waals surface area contributed by atoms with Crippen LogP contribution in [0.4, 0.5) is 0 Å². The van der Waals surface area contributed by atoms with Crippen LogP contribution >= 0.6 is 7.82 Å². The minimum Gasteiger partial charge on any atom is -0.480 e. The average Bonchev–Trinajstić information content (AvgIpc) is 3.23. The quantitative estimate of drug-likeness (QED) is 0.0149.